The third-order valence-electron chi connectivity index (χ3n) is 9.18. The summed E-state index contributed by atoms with van der Waals surface area (Å²) >= 11 is 6.28. The van der Waals surface area contributed by atoms with E-state index in [1.807, 2.05) is 0 Å². The fourth-order valence-corrected chi connectivity index (χ4v) is 89.3. The Bertz CT molecular complexity index is 1600. The zero-order valence-electron chi connectivity index (χ0n) is 27.9. The Hall–Kier alpha value is -1.70. The van der Waals surface area contributed by atoms with E-state index in [1.165, 1.54) is 65.2 Å². The van der Waals surface area contributed by atoms with Crippen LogP contribution >= 0.6 is 49.9 Å². The third kappa shape index (κ3) is 6.29. The molecule has 246 valence electrons. The molecule has 5 heteroatoms. The molecule has 0 heterocycles. The van der Waals surface area contributed by atoms with Crippen molar-refractivity contribution in [1.82, 2.24) is 0 Å². The van der Waals surface area contributed by atoms with Gasteiger partial charge in [0.05, 0.1) is 0 Å². The maximum absolute atomic E-state index is 3.14. The molecule has 0 radical (unpaired) electrons. The fourth-order valence-electron chi connectivity index (χ4n) is 6.50. The Balaban J connectivity index is 1.88. The van der Waals surface area contributed by atoms with Crippen LogP contribution in [0, 0.1) is 41.5 Å². The Morgan fingerprint density at radius 2 is 0.404 bits per heavy atom. The summed E-state index contributed by atoms with van der Waals surface area (Å²) in [5, 5.41) is 9.08. The molecule has 6 aromatic carbocycles. The van der Waals surface area contributed by atoms with Gasteiger partial charge in [-0.2, -0.15) is 0 Å². The van der Waals surface area contributed by atoms with Crippen molar-refractivity contribution >= 4 is 81.8 Å². The molecule has 0 atom stereocenters. The Kier molecular flexibility index (Phi) is 10.7. The first-order valence-electron chi connectivity index (χ1n) is 16.0. The molecule has 0 bridgehead atoms. The standard InChI is InChI=1S/2C21H21P.2HI.Pd/c2*1-16-4-10-19(11-5-16)22(20-12-6-17(2)7-13-20)21-14-8-18(3)9-15-21;;;/h2*4-15H,1-3H3;2*1H;. The number of hydrogen-bond acceptors (Lipinski definition) is 0. The molecule has 0 aliphatic heterocycles. The van der Waals surface area contributed by atoms with Crippen LogP contribution < -0.4 is 31.8 Å². The minimum absolute atomic E-state index is 1.30. The first-order chi connectivity index (χ1) is 22.5. The van der Waals surface area contributed by atoms with Crippen LogP contribution in [0.4, 0.5) is 0 Å². The van der Waals surface area contributed by atoms with E-state index in [4.69, 9.17) is 0 Å². The van der Waals surface area contributed by atoms with Gasteiger partial charge < -0.3 is 0 Å². The monoisotopic (exact) mass is 970 g/mol. The summed E-state index contributed by atoms with van der Waals surface area (Å²) in [5.74, 6) is 0. The van der Waals surface area contributed by atoms with Crippen molar-refractivity contribution in [2.24, 2.45) is 0 Å². The van der Waals surface area contributed by atoms with Gasteiger partial charge in [-0.1, -0.05) is 0 Å². The SMILES string of the molecule is Cc1ccc([PH](c2ccc(C)cc2)(c2ccc(C)cc2)[Pd]([I])([I])[PH](c2ccc(C)cc2)(c2ccc(C)cc2)c2ccc(C)cc2)cc1. The summed E-state index contributed by atoms with van der Waals surface area (Å²) in [5.41, 5.74) is 2.31. The van der Waals surface area contributed by atoms with E-state index >= 15 is 0 Å². The molecule has 0 amide bonds. The second kappa shape index (κ2) is 14.3. The van der Waals surface area contributed by atoms with Crippen molar-refractivity contribution in [2.75, 3.05) is 0 Å². The average molecular weight is 971 g/mol. The zero-order chi connectivity index (χ0) is 33.4. The van der Waals surface area contributed by atoms with E-state index in [0.717, 1.165) is 0 Å². The molecular weight excluding hydrogens is 927 g/mol. The van der Waals surface area contributed by atoms with Gasteiger partial charge in [-0.3, -0.25) is 0 Å². The van der Waals surface area contributed by atoms with Crippen LogP contribution in [0.5, 0.6) is 0 Å². The molecule has 0 nitrogen and oxygen atoms in total. The molecule has 0 aliphatic rings. The van der Waals surface area contributed by atoms with Crippen molar-refractivity contribution in [3.63, 3.8) is 0 Å². The number of rotatable bonds is 8. The van der Waals surface area contributed by atoms with Crippen LogP contribution in [0.25, 0.3) is 0 Å². The molecule has 0 unspecified atom stereocenters. The van der Waals surface area contributed by atoms with Gasteiger partial charge >= 0.3 is 310 Å². The summed E-state index contributed by atoms with van der Waals surface area (Å²) < 4.78 is 0. The summed E-state index contributed by atoms with van der Waals surface area (Å²) in [6.07, 6.45) is 0. The average Bonchev–Trinajstić information content (AvgIpc) is 3.06. The first-order valence-corrected chi connectivity index (χ1v) is 33.5. The molecule has 6 aromatic rings. The number of hydrogen-bond donors (Lipinski definition) is 0. The van der Waals surface area contributed by atoms with E-state index in [1.54, 1.807) is 0 Å². The molecule has 0 aromatic heterocycles. The quantitative estimate of drug-likeness (QED) is 0.0811. The van der Waals surface area contributed by atoms with Crippen LogP contribution in [0.2, 0.25) is 0 Å². The molecule has 47 heavy (non-hydrogen) atoms. The molecular formula is C42H44I2P2Pd. The van der Waals surface area contributed by atoms with Crippen LogP contribution in [0.15, 0.2) is 146 Å². The van der Waals surface area contributed by atoms with Gasteiger partial charge in [0.15, 0.2) is 0 Å². The first kappa shape index (κ1) is 35.1. The van der Waals surface area contributed by atoms with Gasteiger partial charge in [-0.25, -0.2) is 0 Å². The van der Waals surface area contributed by atoms with Crippen molar-refractivity contribution < 1.29 is 7.32 Å². The van der Waals surface area contributed by atoms with Crippen molar-refractivity contribution in [1.29, 1.82) is 0 Å². The molecule has 0 spiro atoms. The van der Waals surface area contributed by atoms with Gasteiger partial charge in [0.2, 0.25) is 0 Å². The van der Waals surface area contributed by atoms with Crippen molar-refractivity contribution in [3.8, 4) is 0 Å². The summed E-state index contributed by atoms with van der Waals surface area (Å²) in [6.45, 7) is 13.3. The zero-order valence-corrected chi connectivity index (χ0v) is 35.8. The molecule has 0 fully saturated rings. The third-order valence-corrected chi connectivity index (χ3v) is 78.5. The Morgan fingerprint density at radius 1 is 0.277 bits per heavy atom. The summed E-state index contributed by atoms with van der Waals surface area (Å²) in [4.78, 5) is 0. The van der Waals surface area contributed by atoms with Crippen LogP contribution in [-0.4, -0.2) is 0 Å². The Morgan fingerprint density at radius 3 is 0.532 bits per heavy atom. The Labute approximate surface area is 306 Å². The molecule has 6 rings (SSSR count). The van der Waals surface area contributed by atoms with Gasteiger partial charge in [-0.05, 0) is 0 Å². The molecule has 0 saturated heterocycles. The van der Waals surface area contributed by atoms with Gasteiger partial charge in [-0.15, -0.1) is 0 Å². The van der Waals surface area contributed by atoms with Crippen molar-refractivity contribution in [2.45, 2.75) is 41.5 Å². The van der Waals surface area contributed by atoms with E-state index < -0.39 is 18.2 Å². The van der Waals surface area contributed by atoms with E-state index in [-0.39, 0.29) is 0 Å². The maximum atomic E-state index is 3.14. The van der Waals surface area contributed by atoms with Crippen LogP contribution in [0.3, 0.4) is 0 Å². The number of benzene rings is 6. The molecule has 0 N–H and O–H groups in total. The van der Waals surface area contributed by atoms with Gasteiger partial charge in [0.25, 0.3) is 0 Å². The number of aryl methyl sites for hydroxylation is 6. The van der Waals surface area contributed by atoms with Crippen LogP contribution in [-0.2, 0) is 7.32 Å². The van der Waals surface area contributed by atoms with Crippen molar-refractivity contribution in [3.05, 3.63) is 179 Å². The second-order valence-electron chi connectivity index (χ2n) is 12.8. The minimum atomic E-state index is -2.78. The van der Waals surface area contributed by atoms with Gasteiger partial charge in [0, 0.05) is 0 Å². The second-order valence-corrected chi connectivity index (χ2v) is 70.0. The summed E-state index contributed by atoms with van der Waals surface area (Å²) in [6, 6.07) is 58.1. The van der Waals surface area contributed by atoms with E-state index in [0.29, 0.717) is 0 Å². The number of halogens is 2. The fraction of sp³-hybridized carbons (Fsp3) is 0.143. The van der Waals surface area contributed by atoms with Crippen LogP contribution in [0.1, 0.15) is 33.4 Å². The predicted octanol–water partition coefficient (Wildman–Crippen LogP) is 9.97. The summed E-state index contributed by atoms with van der Waals surface area (Å²) in [7, 11) is -2.78. The topological polar surface area (TPSA) is 0 Å². The molecule has 0 aliphatic carbocycles. The predicted molar refractivity (Wildman–Crippen MR) is 230 cm³/mol. The van der Waals surface area contributed by atoms with E-state index in [9.17, 15) is 0 Å². The van der Waals surface area contributed by atoms with Gasteiger partial charge in [0.1, 0.15) is 0 Å². The normalized spacial score (nSPS) is 13.3. The molecule has 0 saturated carbocycles. The van der Waals surface area contributed by atoms with E-state index in [2.05, 4.69) is 226 Å².